The van der Waals surface area contributed by atoms with E-state index in [1.54, 1.807) is 19.1 Å². The first-order chi connectivity index (χ1) is 31.2. The molecule has 1 amide bonds. The van der Waals surface area contributed by atoms with E-state index in [0.717, 1.165) is 78.4 Å². The standard InChI is InChI=1S/C52H100N2O9Si3/c1-19-45(62-65(23-5,24-6)25-7)42(13)48-49(60-48)52(15,57-18)51(14,63-66(26-8,27-9)28-10)36-35-40(11)41(12)46-34-30-32-43(58-50(56)54(17)38-37-53-16)31-29-33-44(39-47(55)59-46)61-64(20-2,21-3)22-4/h30,32,35-36,42-46,48-49,53H,19-29,31,33-34,37-39H2,1-18H3/b32-30+,36-35+,41-40+/t42-,43-,44-,45+,46-,48-,49-,51-,52-/m1/s1. The number of likely N-dealkylation sites (N-methyl/N-ethyl adjacent to an activating group) is 2. The van der Waals surface area contributed by atoms with Crippen molar-refractivity contribution in [3.63, 3.8) is 0 Å². The third-order valence-electron chi connectivity index (χ3n) is 16.4. The van der Waals surface area contributed by atoms with Gasteiger partial charge in [0.2, 0.25) is 0 Å². The highest BCUT2D eigenvalue weighted by Gasteiger charge is 2.64. The fourth-order valence-electron chi connectivity index (χ4n) is 10.00. The first-order valence-corrected chi connectivity index (χ1v) is 33.9. The Morgan fingerprint density at radius 2 is 1.48 bits per heavy atom. The van der Waals surface area contributed by atoms with Crippen LogP contribution in [0.1, 0.15) is 142 Å². The van der Waals surface area contributed by atoms with Gasteiger partial charge in [-0.15, -0.1) is 0 Å². The van der Waals surface area contributed by atoms with Crippen LogP contribution in [-0.2, 0) is 37.0 Å². The summed E-state index contributed by atoms with van der Waals surface area (Å²) < 4.78 is 47.6. The van der Waals surface area contributed by atoms with Crippen molar-refractivity contribution in [2.45, 2.75) is 245 Å². The number of carbonyl (C=O) groups excluding carboxylic acids is 2. The van der Waals surface area contributed by atoms with Crippen LogP contribution in [0.3, 0.4) is 0 Å². The van der Waals surface area contributed by atoms with Crippen molar-refractivity contribution in [3.05, 3.63) is 35.5 Å². The molecule has 0 aromatic carbocycles. The second kappa shape index (κ2) is 28.3. The van der Waals surface area contributed by atoms with E-state index in [2.05, 4.69) is 121 Å². The van der Waals surface area contributed by atoms with Gasteiger partial charge in [-0.25, -0.2) is 4.79 Å². The molecule has 0 aromatic rings. The SMILES string of the molecule is CC[C@H](O[Si](CC)(CC)CC)[C@@H](C)[C@H]1O[C@H]1[C@@](C)(OC)[C@@](C)(/C=C/C(C)=C(\C)[C@H]1C/C=C/[C@H](OC(=O)N(C)CCNC)CCC[C@@H](O[Si](CC)(CC)CC)CC(=O)O1)O[Si](CC)(CC)CC. The molecular formula is C52H100N2O9Si3. The molecule has 0 saturated carbocycles. The Labute approximate surface area is 407 Å². The normalized spacial score (nSPS) is 25.1. The van der Waals surface area contributed by atoms with Crippen LogP contribution in [0.15, 0.2) is 35.5 Å². The second-order valence-electron chi connectivity index (χ2n) is 19.9. The zero-order valence-electron chi connectivity index (χ0n) is 45.5. The highest BCUT2D eigenvalue weighted by Crippen LogP contribution is 2.50. The first kappa shape index (κ1) is 60.5. The van der Waals surface area contributed by atoms with Crippen LogP contribution >= 0.6 is 0 Å². The number of nitrogens with zero attached hydrogens (tertiary/aromatic N) is 1. The van der Waals surface area contributed by atoms with E-state index in [4.69, 9.17) is 32.2 Å². The molecule has 0 aliphatic carbocycles. The average molecular weight is 982 g/mol. The van der Waals surface area contributed by atoms with Crippen molar-refractivity contribution in [3.8, 4) is 0 Å². The monoisotopic (exact) mass is 981 g/mol. The topological polar surface area (TPSA) is 117 Å². The zero-order valence-corrected chi connectivity index (χ0v) is 48.5. The summed E-state index contributed by atoms with van der Waals surface area (Å²) in [6.45, 7) is 34.5. The van der Waals surface area contributed by atoms with Crippen molar-refractivity contribution in [1.82, 2.24) is 10.2 Å². The number of hydrogen-bond donors (Lipinski definition) is 1. The third kappa shape index (κ3) is 15.9. The molecule has 0 spiro atoms. The number of carbonyl (C=O) groups is 2. The molecule has 11 nitrogen and oxygen atoms in total. The van der Waals surface area contributed by atoms with Crippen LogP contribution in [0.2, 0.25) is 54.4 Å². The van der Waals surface area contributed by atoms with Crippen molar-refractivity contribution in [2.24, 2.45) is 5.92 Å². The Hall–Kier alpha value is -1.63. The second-order valence-corrected chi connectivity index (χ2v) is 34.0. The number of epoxide rings is 1. The van der Waals surface area contributed by atoms with Crippen LogP contribution in [0.5, 0.6) is 0 Å². The van der Waals surface area contributed by atoms with Gasteiger partial charge < -0.3 is 42.4 Å². The number of hydrogen-bond acceptors (Lipinski definition) is 10. The highest BCUT2D eigenvalue weighted by molar-refractivity contribution is 6.74. The van der Waals surface area contributed by atoms with Crippen LogP contribution in [0.4, 0.5) is 4.79 Å². The van der Waals surface area contributed by atoms with E-state index in [0.29, 0.717) is 32.4 Å². The predicted octanol–water partition coefficient (Wildman–Crippen LogP) is 12.7. The lowest BCUT2D eigenvalue weighted by Crippen LogP contribution is -2.61. The first-order valence-electron chi connectivity index (χ1n) is 26.3. The van der Waals surface area contributed by atoms with Gasteiger partial charge in [0.1, 0.15) is 29.5 Å². The molecule has 2 aliphatic heterocycles. The maximum Gasteiger partial charge on any atom is 0.410 e. The number of cyclic esters (lactones) is 1. The number of nitrogens with one attached hydrogen (secondary N) is 1. The van der Waals surface area contributed by atoms with Gasteiger partial charge in [0.15, 0.2) is 25.0 Å². The van der Waals surface area contributed by atoms with E-state index in [1.807, 2.05) is 19.2 Å². The summed E-state index contributed by atoms with van der Waals surface area (Å²) in [6, 6.07) is 9.29. The number of allylic oxidation sites excluding steroid dienone is 2. The third-order valence-corrected chi connectivity index (χ3v) is 30.5. The van der Waals surface area contributed by atoms with Gasteiger partial charge in [0, 0.05) is 45.7 Å². The maximum absolute atomic E-state index is 14.0. The number of esters is 1. The minimum absolute atomic E-state index is 0.0281. The van der Waals surface area contributed by atoms with E-state index in [1.165, 1.54) is 0 Å². The minimum atomic E-state index is -2.21. The Kier molecular flexibility index (Phi) is 25.9. The van der Waals surface area contributed by atoms with Gasteiger partial charge in [0.25, 0.3) is 0 Å². The molecule has 0 aromatic heterocycles. The van der Waals surface area contributed by atoms with Gasteiger partial charge in [0.05, 0.1) is 18.6 Å². The molecule has 2 aliphatic rings. The molecule has 14 heteroatoms. The minimum Gasteiger partial charge on any atom is -0.457 e. The van der Waals surface area contributed by atoms with Gasteiger partial charge in [-0.05, 0) is 132 Å². The summed E-state index contributed by atoms with van der Waals surface area (Å²) in [7, 11) is -0.653. The largest absolute Gasteiger partial charge is 0.457 e. The Balaban J connectivity index is 2.66. The molecule has 2 heterocycles. The summed E-state index contributed by atoms with van der Waals surface area (Å²) in [5.41, 5.74) is 0.251. The van der Waals surface area contributed by atoms with E-state index in [9.17, 15) is 9.59 Å². The lowest BCUT2D eigenvalue weighted by Gasteiger charge is -2.48. The summed E-state index contributed by atoms with van der Waals surface area (Å²) >= 11 is 0. The van der Waals surface area contributed by atoms with Crippen LogP contribution in [0.25, 0.3) is 0 Å². The van der Waals surface area contributed by atoms with Gasteiger partial charge >= 0.3 is 12.1 Å². The Bertz CT molecular complexity index is 1530. The van der Waals surface area contributed by atoms with E-state index in [-0.39, 0.29) is 48.8 Å². The summed E-state index contributed by atoms with van der Waals surface area (Å²) in [4.78, 5) is 28.8. The number of rotatable bonds is 28. The van der Waals surface area contributed by atoms with Gasteiger partial charge in [-0.3, -0.25) is 4.79 Å². The molecule has 1 saturated heterocycles. The molecule has 384 valence electrons. The fourth-order valence-corrected chi connectivity index (χ4v) is 19.0. The number of amides is 1. The van der Waals surface area contributed by atoms with Crippen molar-refractivity contribution in [2.75, 3.05) is 34.3 Å². The molecule has 9 atom stereocenters. The molecule has 0 radical (unpaired) electrons. The Morgan fingerprint density at radius 1 is 0.909 bits per heavy atom. The van der Waals surface area contributed by atoms with Crippen molar-refractivity contribution >= 4 is 37.0 Å². The molecule has 0 bridgehead atoms. The highest BCUT2D eigenvalue weighted by atomic mass is 28.4. The molecule has 2 rings (SSSR count). The summed E-state index contributed by atoms with van der Waals surface area (Å²) in [5.74, 6) is -0.0631. The molecule has 1 N–H and O–H groups in total. The van der Waals surface area contributed by atoms with E-state index >= 15 is 0 Å². The number of methoxy groups -OCH3 is 1. The number of ether oxygens (including phenoxy) is 4. The lowest BCUT2D eigenvalue weighted by atomic mass is 9.79. The predicted molar refractivity (Wildman–Crippen MR) is 281 cm³/mol. The average Bonchev–Trinajstić information content (AvgIpc) is 4.14. The molecule has 0 unspecified atom stereocenters. The molecule has 1 fully saturated rings. The zero-order chi connectivity index (χ0) is 49.9. The quantitative estimate of drug-likeness (QED) is 0.0267. The smallest absolute Gasteiger partial charge is 0.410 e. The van der Waals surface area contributed by atoms with Gasteiger partial charge in [-0.1, -0.05) is 94.4 Å². The Morgan fingerprint density at radius 3 is 2.00 bits per heavy atom. The maximum atomic E-state index is 14.0. The van der Waals surface area contributed by atoms with Crippen LogP contribution < -0.4 is 5.32 Å². The summed E-state index contributed by atoms with van der Waals surface area (Å²) in [5, 5.41) is 3.10. The van der Waals surface area contributed by atoms with Crippen LogP contribution in [0, 0.1) is 5.92 Å². The van der Waals surface area contributed by atoms with Crippen molar-refractivity contribution < 1.29 is 41.8 Å². The van der Waals surface area contributed by atoms with Crippen molar-refractivity contribution in [1.29, 1.82) is 0 Å². The van der Waals surface area contributed by atoms with E-state index < -0.39 is 48.4 Å². The molecular weight excluding hydrogens is 881 g/mol. The molecule has 66 heavy (non-hydrogen) atoms. The van der Waals surface area contributed by atoms with Crippen LogP contribution in [-0.4, -0.2) is 124 Å². The summed E-state index contributed by atoms with van der Waals surface area (Å²) in [6.07, 6.45) is 10.3. The fraction of sp³-hybridized carbons (Fsp3) is 0.846. The lowest BCUT2D eigenvalue weighted by molar-refractivity contribution is -0.149. The van der Waals surface area contributed by atoms with Gasteiger partial charge in [-0.2, -0.15) is 0 Å².